The van der Waals surface area contributed by atoms with Crippen molar-refractivity contribution in [2.45, 2.75) is 6.18 Å². The van der Waals surface area contributed by atoms with Gasteiger partial charge in [0, 0.05) is 55.3 Å². The highest BCUT2D eigenvalue weighted by Gasteiger charge is 2.30. The summed E-state index contributed by atoms with van der Waals surface area (Å²) in [5.74, 6) is 0.522. The van der Waals surface area contributed by atoms with Crippen molar-refractivity contribution in [2.24, 2.45) is 0 Å². The molecule has 2 aromatic heterocycles. The Hall–Kier alpha value is -3.40. The fourth-order valence-electron chi connectivity index (χ4n) is 3.49. The van der Waals surface area contributed by atoms with Gasteiger partial charge in [-0.2, -0.15) is 13.2 Å². The number of carboxylic acid groups (broad SMARTS) is 1. The number of hydrogen-bond acceptors (Lipinski definition) is 5. The number of nitrogens with zero attached hydrogens (tertiary/aromatic N) is 5. The summed E-state index contributed by atoms with van der Waals surface area (Å²) < 4.78 is 38.9. The Bertz CT molecular complexity index is 1130. The van der Waals surface area contributed by atoms with Crippen molar-refractivity contribution in [3.05, 3.63) is 59.4 Å². The Morgan fingerprint density at radius 2 is 1.69 bits per heavy atom. The molecule has 166 valence electrons. The maximum atomic E-state index is 13.0. The van der Waals surface area contributed by atoms with E-state index < -0.39 is 17.8 Å². The minimum atomic E-state index is -4.44. The number of anilines is 1. The van der Waals surface area contributed by atoms with E-state index in [4.69, 9.17) is 16.7 Å². The number of alkyl halides is 3. The van der Waals surface area contributed by atoms with Crippen LogP contribution in [0.1, 0.15) is 5.56 Å². The monoisotopic (exact) mass is 463 g/mol. The maximum Gasteiger partial charge on any atom is 0.416 e. The quantitative estimate of drug-likeness (QED) is 0.607. The van der Waals surface area contributed by atoms with E-state index in [1.165, 1.54) is 23.2 Å². The number of carbonyl (C=O) groups is 1. The Morgan fingerprint density at radius 1 is 1.00 bits per heavy atom. The smallest absolute Gasteiger partial charge is 0.416 e. The molecule has 1 aromatic carbocycles. The van der Waals surface area contributed by atoms with Crippen LogP contribution < -0.4 is 4.90 Å². The van der Waals surface area contributed by atoms with Crippen molar-refractivity contribution in [1.82, 2.24) is 20.1 Å². The molecule has 0 unspecified atom stereocenters. The highest BCUT2D eigenvalue weighted by molar-refractivity contribution is 6.33. The molecule has 4 rings (SSSR count). The third-order valence-corrected chi connectivity index (χ3v) is 5.50. The summed E-state index contributed by atoms with van der Waals surface area (Å²) in [7, 11) is 0. The average Bonchev–Trinajstić information content (AvgIpc) is 2.79. The van der Waals surface area contributed by atoms with Gasteiger partial charge in [0.1, 0.15) is 5.69 Å². The predicted octanol–water partition coefficient (Wildman–Crippen LogP) is 4.68. The fourth-order valence-corrected chi connectivity index (χ4v) is 3.71. The van der Waals surface area contributed by atoms with Gasteiger partial charge in [0.15, 0.2) is 5.82 Å². The van der Waals surface area contributed by atoms with Gasteiger partial charge >= 0.3 is 12.3 Å². The van der Waals surface area contributed by atoms with Crippen molar-refractivity contribution < 1.29 is 23.1 Å². The first-order chi connectivity index (χ1) is 15.2. The molecule has 11 heteroatoms. The summed E-state index contributed by atoms with van der Waals surface area (Å²) in [5.41, 5.74) is 1.26. The zero-order valence-electron chi connectivity index (χ0n) is 16.6. The lowest BCUT2D eigenvalue weighted by Gasteiger charge is -2.33. The zero-order valence-corrected chi connectivity index (χ0v) is 17.3. The summed E-state index contributed by atoms with van der Waals surface area (Å²) in [4.78, 5) is 18.4. The van der Waals surface area contributed by atoms with Crippen molar-refractivity contribution in [1.29, 1.82) is 0 Å². The predicted molar refractivity (Wildman–Crippen MR) is 113 cm³/mol. The van der Waals surface area contributed by atoms with E-state index in [2.05, 4.69) is 15.2 Å². The Labute approximate surface area is 186 Å². The van der Waals surface area contributed by atoms with Crippen LogP contribution >= 0.6 is 11.6 Å². The van der Waals surface area contributed by atoms with Gasteiger partial charge in [0.05, 0.1) is 10.6 Å². The van der Waals surface area contributed by atoms with Crippen molar-refractivity contribution >= 4 is 23.5 Å². The summed E-state index contributed by atoms with van der Waals surface area (Å²) in [5, 5.41) is 18.1. The van der Waals surface area contributed by atoms with E-state index in [-0.39, 0.29) is 0 Å². The van der Waals surface area contributed by atoms with E-state index >= 15 is 0 Å². The molecule has 3 heterocycles. The maximum absolute atomic E-state index is 13.0. The van der Waals surface area contributed by atoms with Crippen LogP contribution in [0.4, 0.5) is 23.8 Å². The molecular weight excluding hydrogens is 447 g/mol. The number of halogens is 4. The van der Waals surface area contributed by atoms with E-state index in [0.29, 0.717) is 59.4 Å². The van der Waals surface area contributed by atoms with Crippen LogP contribution in [0.3, 0.4) is 0 Å². The van der Waals surface area contributed by atoms with Gasteiger partial charge in [-0.25, -0.2) is 4.79 Å². The second-order valence-corrected chi connectivity index (χ2v) is 7.56. The average molecular weight is 464 g/mol. The van der Waals surface area contributed by atoms with Gasteiger partial charge in [0.2, 0.25) is 0 Å². The SMILES string of the molecule is O=C(O)N1CCN(c2cc(-c3ccncc3Cl)c(-c3ccc(C(F)(F)F)cc3)nn2)CC1. The van der Waals surface area contributed by atoms with E-state index in [0.717, 1.165) is 12.1 Å². The molecule has 1 amide bonds. The standard InChI is InChI=1S/C21H17ClF3N5O2/c22-17-12-26-6-5-15(17)16-11-18(29-7-9-30(10-8-29)20(31)32)27-28-19(16)13-1-3-14(4-2-13)21(23,24)25/h1-6,11-12H,7-10H2,(H,31,32). The number of benzene rings is 1. The van der Waals surface area contributed by atoms with E-state index in [9.17, 15) is 18.0 Å². The fraction of sp³-hybridized carbons (Fsp3) is 0.238. The van der Waals surface area contributed by atoms with Crippen LogP contribution in [0.15, 0.2) is 48.8 Å². The minimum Gasteiger partial charge on any atom is -0.465 e. The first kappa shape index (κ1) is 21.8. The third kappa shape index (κ3) is 4.45. The van der Waals surface area contributed by atoms with Crippen LogP contribution in [0, 0.1) is 0 Å². The van der Waals surface area contributed by atoms with Gasteiger partial charge in [-0.05, 0) is 24.3 Å². The summed E-state index contributed by atoms with van der Waals surface area (Å²) in [6, 6.07) is 8.13. The van der Waals surface area contributed by atoms with Crippen molar-refractivity contribution in [3.8, 4) is 22.4 Å². The highest BCUT2D eigenvalue weighted by atomic mass is 35.5. The van der Waals surface area contributed by atoms with Gasteiger partial charge in [-0.15, -0.1) is 10.2 Å². The molecule has 0 bridgehead atoms. The highest BCUT2D eigenvalue weighted by Crippen LogP contribution is 2.37. The molecule has 3 aromatic rings. The van der Waals surface area contributed by atoms with Crippen LogP contribution in [0.5, 0.6) is 0 Å². The molecule has 0 aliphatic carbocycles. The lowest BCUT2D eigenvalue weighted by Crippen LogP contribution is -2.48. The van der Waals surface area contributed by atoms with Crippen LogP contribution in [-0.2, 0) is 6.18 Å². The normalized spacial score (nSPS) is 14.5. The number of hydrogen-bond donors (Lipinski definition) is 1. The molecule has 1 aliphatic rings. The van der Waals surface area contributed by atoms with E-state index in [1.807, 2.05) is 4.90 Å². The van der Waals surface area contributed by atoms with Crippen LogP contribution in [-0.4, -0.2) is 57.5 Å². The van der Waals surface area contributed by atoms with Gasteiger partial charge < -0.3 is 14.9 Å². The molecule has 7 nitrogen and oxygen atoms in total. The molecule has 32 heavy (non-hydrogen) atoms. The van der Waals surface area contributed by atoms with E-state index in [1.54, 1.807) is 18.3 Å². The molecule has 1 saturated heterocycles. The number of amides is 1. The minimum absolute atomic E-state index is 0.322. The molecular formula is C21H17ClF3N5O2. The van der Waals surface area contributed by atoms with Crippen molar-refractivity contribution in [2.75, 3.05) is 31.1 Å². The first-order valence-electron chi connectivity index (χ1n) is 9.62. The third-order valence-electron chi connectivity index (χ3n) is 5.20. The molecule has 1 aliphatic heterocycles. The Balaban J connectivity index is 1.74. The van der Waals surface area contributed by atoms with Gasteiger partial charge in [-0.1, -0.05) is 23.7 Å². The lowest BCUT2D eigenvalue weighted by molar-refractivity contribution is -0.137. The molecule has 0 spiro atoms. The second-order valence-electron chi connectivity index (χ2n) is 7.15. The first-order valence-corrected chi connectivity index (χ1v) is 10.00. The number of pyridine rings is 1. The summed E-state index contributed by atoms with van der Waals surface area (Å²) in [6.07, 6.45) is -2.39. The summed E-state index contributed by atoms with van der Waals surface area (Å²) >= 11 is 6.35. The number of rotatable bonds is 3. The Morgan fingerprint density at radius 3 is 2.28 bits per heavy atom. The van der Waals surface area contributed by atoms with Crippen molar-refractivity contribution in [3.63, 3.8) is 0 Å². The number of piperazine rings is 1. The summed E-state index contributed by atoms with van der Waals surface area (Å²) in [6.45, 7) is 1.51. The van der Waals surface area contributed by atoms with Gasteiger partial charge in [-0.3, -0.25) is 4.98 Å². The van der Waals surface area contributed by atoms with Crippen LogP contribution in [0.25, 0.3) is 22.4 Å². The van der Waals surface area contributed by atoms with Gasteiger partial charge in [0.25, 0.3) is 0 Å². The molecule has 0 saturated carbocycles. The molecule has 0 atom stereocenters. The molecule has 1 fully saturated rings. The number of aromatic nitrogens is 3. The topological polar surface area (TPSA) is 82.5 Å². The lowest BCUT2D eigenvalue weighted by atomic mass is 9.99. The zero-order chi connectivity index (χ0) is 22.9. The Kier molecular flexibility index (Phi) is 5.88. The molecule has 0 radical (unpaired) electrons. The largest absolute Gasteiger partial charge is 0.465 e. The molecule has 1 N–H and O–H groups in total. The van der Waals surface area contributed by atoms with Crippen LogP contribution in [0.2, 0.25) is 5.02 Å². The second kappa shape index (κ2) is 8.62.